The van der Waals surface area contributed by atoms with Gasteiger partial charge < -0.3 is 10.2 Å². The molecule has 0 aromatic carbocycles. The molecule has 0 aliphatic heterocycles. The third kappa shape index (κ3) is 5.64. The molecule has 1 heterocycles. The molecule has 1 aromatic rings. The lowest BCUT2D eigenvalue weighted by molar-refractivity contribution is -0.131. The van der Waals surface area contributed by atoms with E-state index in [0.29, 0.717) is 11.8 Å². The first kappa shape index (κ1) is 18.5. The molecule has 1 aliphatic rings. The van der Waals surface area contributed by atoms with Crippen molar-refractivity contribution >= 4 is 34.1 Å². The molecular weight excluding hydrogens is 328 g/mol. The lowest BCUT2D eigenvalue weighted by Crippen LogP contribution is -2.43. The maximum absolute atomic E-state index is 12.4. The molecule has 1 fully saturated rings. The van der Waals surface area contributed by atoms with Gasteiger partial charge in [0.25, 0.3) is 0 Å². The zero-order chi connectivity index (χ0) is 16.8. The van der Waals surface area contributed by atoms with Crippen LogP contribution >= 0.6 is 23.1 Å². The average molecular weight is 357 g/mol. The van der Waals surface area contributed by atoms with Crippen LogP contribution in [0, 0.1) is 0 Å². The summed E-state index contributed by atoms with van der Waals surface area (Å²) in [5.74, 6) is 0.589. The molecule has 1 amide bonds. The van der Waals surface area contributed by atoms with Gasteiger partial charge in [-0.2, -0.15) is 0 Å². The van der Waals surface area contributed by atoms with E-state index in [1.54, 1.807) is 11.3 Å². The summed E-state index contributed by atoms with van der Waals surface area (Å²) in [6.07, 6.45) is 6.38. The third-order valence-electron chi connectivity index (χ3n) is 4.06. The first-order chi connectivity index (χ1) is 11.0. The van der Waals surface area contributed by atoms with Crippen molar-refractivity contribution in [3.63, 3.8) is 0 Å². The molecule has 0 saturated heterocycles. The minimum Gasteiger partial charge on any atom is -0.357 e. The fourth-order valence-corrected chi connectivity index (χ4v) is 4.82. The molecule has 1 saturated carbocycles. The fraction of sp³-hybridized carbons (Fsp3) is 0.812. The molecule has 1 aliphatic carbocycles. The monoisotopic (exact) mass is 356 g/mol. The van der Waals surface area contributed by atoms with Crippen molar-refractivity contribution < 1.29 is 4.79 Å². The number of hydrogen-bond acceptors (Lipinski definition) is 6. The second kappa shape index (κ2) is 8.87. The highest BCUT2D eigenvalue weighted by Crippen LogP contribution is 2.28. The topological polar surface area (TPSA) is 58.1 Å². The standard InChI is InChI=1S/C16H28N4OS2/c1-11(2)20(12(3)4)14(21)10-22-16-19-18-15(23-16)17-13-8-6-5-7-9-13/h11-13H,5-10H2,1-4H3,(H,17,18). The number of nitrogens with one attached hydrogen (secondary N) is 1. The number of carbonyl (C=O) groups excluding carboxylic acids is 1. The Bertz CT molecular complexity index is 490. The van der Waals surface area contributed by atoms with Crippen molar-refractivity contribution in [3.05, 3.63) is 0 Å². The summed E-state index contributed by atoms with van der Waals surface area (Å²) in [5, 5.41) is 12.8. The lowest BCUT2D eigenvalue weighted by Gasteiger charge is -2.30. The van der Waals surface area contributed by atoms with E-state index in [-0.39, 0.29) is 18.0 Å². The van der Waals surface area contributed by atoms with Crippen LogP contribution in [0.25, 0.3) is 0 Å². The summed E-state index contributed by atoms with van der Waals surface area (Å²) in [7, 11) is 0. The molecule has 0 spiro atoms. The zero-order valence-corrected chi connectivity index (χ0v) is 16.2. The van der Waals surface area contributed by atoms with Gasteiger partial charge >= 0.3 is 0 Å². The van der Waals surface area contributed by atoms with Gasteiger partial charge in [0.05, 0.1) is 5.75 Å². The summed E-state index contributed by atoms with van der Waals surface area (Å²) < 4.78 is 0.865. The molecule has 0 atom stereocenters. The number of aromatic nitrogens is 2. The van der Waals surface area contributed by atoms with Gasteiger partial charge in [-0.25, -0.2) is 0 Å². The van der Waals surface area contributed by atoms with Crippen LogP contribution < -0.4 is 5.32 Å². The van der Waals surface area contributed by atoms with E-state index in [1.807, 2.05) is 4.90 Å². The number of rotatable bonds is 7. The molecule has 7 heteroatoms. The van der Waals surface area contributed by atoms with Crippen LogP contribution in [0.5, 0.6) is 0 Å². The SMILES string of the molecule is CC(C)N(C(=O)CSc1nnc(NC2CCCCC2)s1)C(C)C. The van der Waals surface area contributed by atoms with Gasteiger partial charge in [-0.1, -0.05) is 42.4 Å². The van der Waals surface area contributed by atoms with Gasteiger partial charge in [-0.15, -0.1) is 10.2 Å². The van der Waals surface area contributed by atoms with Crippen LogP contribution in [0.4, 0.5) is 5.13 Å². The van der Waals surface area contributed by atoms with Crippen LogP contribution in [-0.4, -0.2) is 44.9 Å². The molecule has 0 unspecified atom stereocenters. The molecule has 0 radical (unpaired) electrons. The van der Waals surface area contributed by atoms with Gasteiger partial charge in [-0.3, -0.25) is 4.79 Å². The van der Waals surface area contributed by atoms with Crippen LogP contribution in [0.2, 0.25) is 0 Å². The first-order valence-electron chi connectivity index (χ1n) is 8.51. The lowest BCUT2D eigenvalue weighted by atomic mass is 9.96. The van der Waals surface area contributed by atoms with Crippen molar-refractivity contribution in [2.24, 2.45) is 0 Å². The van der Waals surface area contributed by atoms with Gasteiger partial charge in [0.1, 0.15) is 0 Å². The van der Waals surface area contributed by atoms with Crippen LogP contribution in [0.1, 0.15) is 59.8 Å². The Morgan fingerprint density at radius 3 is 2.48 bits per heavy atom. The summed E-state index contributed by atoms with van der Waals surface area (Å²) in [6.45, 7) is 8.22. The predicted octanol–water partition coefficient (Wildman–Crippen LogP) is 4.02. The van der Waals surface area contributed by atoms with E-state index >= 15 is 0 Å². The Balaban J connectivity index is 1.83. The highest BCUT2D eigenvalue weighted by molar-refractivity contribution is 8.01. The molecule has 130 valence electrons. The van der Waals surface area contributed by atoms with Gasteiger partial charge in [0.2, 0.25) is 11.0 Å². The number of anilines is 1. The number of amides is 1. The van der Waals surface area contributed by atoms with E-state index < -0.39 is 0 Å². The summed E-state index contributed by atoms with van der Waals surface area (Å²) in [5.41, 5.74) is 0. The maximum atomic E-state index is 12.4. The number of thioether (sulfide) groups is 1. The normalized spacial score (nSPS) is 16.1. The minimum atomic E-state index is 0.164. The fourth-order valence-electron chi connectivity index (χ4n) is 3.12. The third-order valence-corrected chi connectivity index (χ3v) is 6.03. The molecular formula is C16H28N4OS2. The second-order valence-corrected chi connectivity index (χ2v) is 8.83. The van der Waals surface area contributed by atoms with Gasteiger partial charge in [0.15, 0.2) is 4.34 Å². The summed E-state index contributed by atoms with van der Waals surface area (Å²) in [6, 6.07) is 0.982. The average Bonchev–Trinajstić information content (AvgIpc) is 2.93. The van der Waals surface area contributed by atoms with Gasteiger partial charge in [-0.05, 0) is 40.5 Å². The molecule has 1 aromatic heterocycles. The number of carbonyl (C=O) groups is 1. The van der Waals surface area contributed by atoms with Crippen LogP contribution in [0.3, 0.4) is 0 Å². The second-order valence-electron chi connectivity index (χ2n) is 6.63. The van der Waals surface area contributed by atoms with E-state index in [2.05, 4.69) is 43.2 Å². The highest BCUT2D eigenvalue weighted by atomic mass is 32.2. The maximum Gasteiger partial charge on any atom is 0.233 e. The zero-order valence-electron chi connectivity index (χ0n) is 14.5. The Morgan fingerprint density at radius 1 is 1.22 bits per heavy atom. The quantitative estimate of drug-likeness (QED) is 0.748. The van der Waals surface area contributed by atoms with Crippen LogP contribution in [0.15, 0.2) is 4.34 Å². The first-order valence-corrected chi connectivity index (χ1v) is 10.3. The van der Waals surface area contributed by atoms with E-state index in [4.69, 9.17) is 0 Å². The Hall–Kier alpha value is -0.820. The van der Waals surface area contributed by atoms with Crippen LogP contribution in [-0.2, 0) is 4.79 Å². The Kier molecular flexibility index (Phi) is 7.14. The van der Waals surface area contributed by atoms with Crippen molar-refractivity contribution in [1.29, 1.82) is 0 Å². The molecule has 5 nitrogen and oxygen atoms in total. The molecule has 23 heavy (non-hydrogen) atoms. The Labute approximate surface area is 147 Å². The van der Waals surface area contributed by atoms with Crippen molar-refractivity contribution in [2.45, 2.75) is 82.3 Å². The van der Waals surface area contributed by atoms with E-state index in [0.717, 1.165) is 9.47 Å². The molecule has 0 bridgehead atoms. The molecule has 2 rings (SSSR count). The van der Waals surface area contributed by atoms with E-state index in [9.17, 15) is 4.79 Å². The summed E-state index contributed by atoms with van der Waals surface area (Å²) in [4.78, 5) is 14.3. The number of hydrogen-bond donors (Lipinski definition) is 1. The summed E-state index contributed by atoms with van der Waals surface area (Å²) >= 11 is 3.04. The minimum absolute atomic E-state index is 0.164. The van der Waals surface area contributed by atoms with Gasteiger partial charge in [0, 0.05) is 18.1 Å². The van der Waals surface area contributed by atoms with Crippen molar-refractivity contribution in [3.8, 4) is 0 Å². The van der Waals surface area contributed by atoms with Crippen molar-refractivity contribution in [2.75, 3.05) is 11.1 Å². The molecule has 1 N–H and O–H groups in total. The van der Waals surface area contributed by atoms with E-state index in [1.165, 1.54) is 43.9 Å². The Morgan fingerprint density at radius 2 is 1.87 bits per heavy atom. The number of nitrogens with zero attached hydrogens (tertiary/aromatic N) is 3. The smallest absolute Gasteiger partial charge is 0.233 e. The predicted molar refractivity (Wildman–Crippen MR) is 98.2 cm³/mol. The van der Waals surface area contributed by atoms with Crippen molar-refractivity contribution in [1.82, 2.24) is 15.1 Å². The largest absolute Gasteiger partial charge is 0.357 e. The highest BCUT2D eigenvalue weighted by Gasteiger charge is 2.21.